The van der Waals surface area contributed by atoms with Crippen molar-refractivity contribution in [2.45, 2.75) is 25.7 Å². The molecule has 3 aromatic rings. The van der Waals surface area contributed by atoms with E-state index in [-0.39, 0.29) is 52.7 Å². The molecule has 1 fully saturated rings. The predicted octanol–water partition coefficient (Wildman–Crippen LogP) is 5.06. The number of nitrogens with zero attached hydrogens (tertiary/aromatic N) is 4. The molecule has 1 saturated heterocycles. The van der Waals surface area contributed by atoms with Gasteiger partial charge in [0, 0.05) is 54.3 Å². The molecule has 242 valence electrons. The lowest BCUT2D eigenvalue weighted by Crippen LogP contribution is -2.39. The number of amides is 2. The first-order chi connectivity index (χ1) is 22.8. The fourth-order valence-corrected chi connectivity index (χ4v) is 8.01. The molecule has 0 radical (unpaired) electrons. The van der Waals surface area contributed by atoms with Gasteiger partial charge in [0.1, 0.15) is 5.75 Å². The maximum absolute atomic E-state index is 14.4. The first kappa shape index (κ1) is 30.7. The van der Waals surface area contributed by atoms with Gasteiger partial charge in [0.05, 0.1) is 27.4 Å². The van der Waals surface area contributed by atoms with E-state index >= 15 is 0 Å². The smallest absolute Gasteiger partial charge is 0.301 e. The Kier molecular flexibility index (Phi) is 6.89. The summed E-state index contributed by atoms with van der Waals surface area (Å²) in [6.07, 6.45) is 3.26. The Bertz CT molecular complexity index is 2130. The van der Waals surface area contributed by atoms with Crippen molar-refractivity contribution in [3.8, 4) is 5.75 Å². The fraction of sp³-hybridized carbons (Fsp3) is 0.257. The van der Waals surface area contributed by atoms with Gasteiger partial charge in [0.15, 0.2) is 17.3 Å². The number of imide groups is 1. The number of hydrogen-bond acceptors (Lipinski definition) is 10. The molecule has 2 amide bonds. The molecule has 48 heavy (non-hydrogen) atoms. The molecule has 3 aromatic carbocycles. The SMILES string of the molecule is CC1=CC(=O)C2=C(CC3C(=CCC4C(=O)N(c5cc([N+](=O)[O-])c(N(C)C)c([N+](=O)[O-])c5)C(=O)C43)C2c2ccc(O)c3ccccc23)C1=O. The molecule has 4 atom stereocenters. The van der Waals surface area contributed by atoms with E-state index in [1.54, 1.807) is 37.3 Å². The average molecular weight is 649 g/mol. The molecular formula is C35H28N4O9. The average Bonchev–Trinajstić information content (AvgIpc) is 3.31. The van der Waals surface area contributed by atoms with Gasteiger partial charge in [0.25, 0.3) is 0 Å². The van der Waals surface area contributed by atoms with E-state index in [4.69, 9.17) is 0 Å². The highest BCUT2D eigenvalue weighted by molar-refractivity contribution is 6.25. The lowest BCUT2D eigenvalue weighted by Gasteiger charge is -2.42. The normalized spacial score (nSPS) is 23.4. The van der Waals surface area contributed by atoms with Crippen LogP contribution in [-0.2, 0) is 19.2 Å². The van der Waals surface area contributed by atoms with Crippen molar-refractivity contribution in [1.82, 2.24) is 0 Å². The van der Waals surface area contributed by atoms with Gasteiger partial charge in [-0.2, -0.15) is 0 Å². The van der Waals surface area contributed by atoms with Crippen LogP contribution in [0.15, 0.2) is 83.0 Å². The first-order valence-electron chi connectivity index (χ1n) is 15.2. The van der Waals surface area contributed by atoms with Crippen LogP contribution in [0.25, 0.3) is 10.8 Å². The van der Waals surface area contributed by atoms with E-state index in [1.807, 2.05) is 6.08 Å². The van der Waals surface area contributed by atoms with E-state index in [2.05, 4.69) is 0 Å². The number of ketones is 2. The Morgan fingerprint density at radius 1 is 0.896 bits per heavy atom. The zero-order chi connectivity index (χ0) is 34.3. The summed E-state index contributed by atoms with van der Waals surface area (Å²) in [5, 5.41) is 35.9. The lowest BCUT2D eigenvalue weighted by atomic mass is 9.59. The van der Waals surface area contributed by atoms with Crippen LogP contribution in [0.2, 0.25) is 0 Å². The molecule has 0 saturated carbocycles. The van der Waals surface area contributed by atoms with Gasteiger partial charge >= 0.3 is 11.4 Å². The predicted molar refractivity (Wildman–Crippen MR) is 174 cm³/mol. The number of hydrogen-bond donors (Lipinski definition) is 1. The van der Waals surface area contributed by atoms with Gasteiger partial charge in [-0.25, -0.2) is 4.90 Å². The van der Waals surface area contributed by atoms with E-state index in [1.165, 1.54) is 31.1 Å². The van der Waals surface area contributed by atoms with Gasteiger partial charge in [0.2, 0.25) is 11.8 Å². The van der Waals surface area contributed by atoms with E-state index in [9.17, 15) is 44.5 Å². The number of phenolic OH excluding ortho intramolecular Hbond substituents is 1. The maximum Gasteiger partial charge on any atom is 0.301 e. The first-order valence-corrected chi connectivity index (χ1v) is 15.2. The molecule has 1 aliphatic heterocycles. The number of aromatic hydroxyl groups is 1. The highest BCUT2D eigenvalue weighted by Crippen LogP contribution is 2.56. The summed E-state index contributed by atoms with van der Waals surface area (Å²) in [5.41, 5.74) is 0.285. The number of carbonyl (C=O) groups excluding carboxylic acids is 4. The van der Waals surface area contributed by atoms with Crippen molar-refractivity contribution in [3.05, 3.63) is 109 Å². The van der Waals surface area contributed by atoms with Crippen LogP contribution < -0.4 is 9.80 Å². The molecule has 4 aliphatic rings. The molecule has 13 nitrogen and oxygen atoms in total. The van der Waals surface area contributed by atoms with Crippen LogP contribution in [0.3, 0.4) is 0 Å². The number of nitro benzene ring substituents is 2. The van der Waals surface area contributed by atoms with Crippen molar-refractivity contribution in [2.24, 2.45) is 17.8 Å². The number of phenols is 1. The van der Waals surface area contributed by atoms with Crippen LogP contribution in [0.1, 0.15) is 31.2 Å². The zero-order valence-electron chi connectivity index (χ0n) is 26.0. The Morgan fingerprint density at radius 2 is 1.54 bits per heavy atom. The Balaban J connectivity index is 1.39. The second kappa shape index (κ2) is 10.8. The van der Waals surface area contributed by atoms with Crippen LogP contribution in [0.5, 0.6) is 5.75 Å². The van der Waals surface area contributed by atoms with Crippen molar-refractivity contribution < 1.29 is 34.1 Å². The van der Waals surface area contributed by atoms with Crippen LogP contribution in [0, 0.1) is 38.0 Å². The van der Waals surface area contributed by atoms with Crippen molar-refractivity contribution in [3.63, 3.8) is 0 Å². The van der Waals surface area contributed by atoms with Gasteiger partial charge in [-0.1, -0.05) is 42.0 Å². The van der Waals surface area contributed by atoms with E-state index in [0.717, 1.165) is 17.0 Å². The minimum atomic E-state index is -1.00. The third kappa shape index (κ3) is 4.30. The van der Waals surface area contributed by atoms with Gasteiger partial charge in [-0.3, -0.25) is 39.4 Å². The number of carbonyl (C=O) groups is 4. The summed E-state index contributed by atoms with van der Waals surface area (Å²) in [6.45, 7) is 1.55. The van der Waals surface area contributed by atoms with Crippen molar-refractivity contribution >= 4 is 56.9 Å². The standard InChI is InChI=1S/C35H28N4O9/c1-16-12-28(41)31-24(33(16)42)15-23-21(29(31)20-10-11-27(40)19-7-5-4-6-18(19)20)8-9-22-30(23)35(44)37(34(22)43)17-13-25(38(45)46)32(36(2)3)26(14-17)39(47)48/h4-8,10-14,22-23,29-30,40H,9,15H2,1-3H3. The minimum absolute atomic E-state index is 0.0112. The fourth-order valence-electron chi connectivity index (χ4n) is 8.01. The second-order valence-corrected chi connectivity index (χ2v) is 12.7. The summed E-state index contributed by atoms with van der Waals surface area (Å²) < 4.78 is 0. The summed E-state index contributed by atoms with van der Waals surface area (Å²) in [4.78, 5) is 80.2. The van der Waals surface area contributed by atoms with Gasteiger partial charge in [-0.05, 0) is 48.8 Å². The van der Waals surface area contributed by atoms with Crippen LogP contribution in [0.4, 0.5) is 22.7 Å². The molecule has 1 heterocycles. The van der Waals surface area contributed by atoms with Gasteiger partial charge in [-0.15, -0.1) is 0 Å². The number of benzene rings is 3. The molecule has 1 N–H and O–H groups in total. The van der Waals surface area contributed by atoms with Crippen LogP contribution >= 0.6 is 0 Å². The van der Waals surface area contributed by atoms with E-state index < -0.39 is 56.7 Å². The summed E-state index contributed by atoms with van der Waals surface area (Å²) >= 11 is 0. The number of fused-ring (bicyclic) bond motifs is 4. The quantitative estimate of drug-likeness (QED) is 0.129. The monoisotopic (exact) mass is 648 g/mol. The molecule has 0 bridgehead atoms. The molecule has 0 aromatic heterocycles. The van der Waals surface area contributed by atoms with Crippen LogP contribution in [-0.4, -0.2) is 52.4 Å². The zero-order valence-corrected chi connectivity index (χ0v) is 26.0. The number of allylic oxidation sites excluding steroid dienone is 6. The van der Waals surface area contributed by atoms with E-state index in [0.29, 0.717) is 27.5 Å². The number of rotatable bonds is 5. The maximum atomic E-state index is 14.4. The van der Waals surface area contributed by atoms with Crippen molar-refractivity contribution in [1.29, 1.82) is 0 Å². The lowest BCUT2D eigenvalue weighted by molar-refractivity contribution is -0.392. The highest BCUT2D eigenvalue weighted by Gasteiger charge is 2.57. The summed E-state index contributed by atoms with van der Waals surface area (Å²) in [7, 11) is 2.83. The van der Waals surface area contributed by atoms with Crippen molar-refractivity contribution in [2.75, 3.05) is 23.9 Å². The molecule has 3 aliphatic carbocycles. The minimum Gasteiger partial charge on any atom is -0.507 e. The number of nitro groups is 2. The molecule has 7 rings (SSSR count). The molecule has 4 unspecified atom stereocenters. The number of anilines is 2. The summed E-state index contributed by atoms with van der Waals surface area (Å²) in [5.74, 6) is -5.34. The Morgan fingerprint density at radius 3 is 2.17 bits per heavy atom. The largest absolute Gasteiger partial charge is 0.507 e. The Hall–Kier alpha value is -5.98. The summed E-state index contributed by atoms with van der Waals surface area (Å²) in [6, 6.07) is 12.3. The topological polar surface area (TPSA) is 181 Å². The third-order valence-corrected chi connectivity index (χ3v) is 9.96. The molecule has 13 heteroatoms. The highest BCUT2D eigenvalue weighted by atomic mass is 16.6. The third-order valence-electron chi connectivity index (χ3n) is 9.96. The Labute approximate surface area is 272 Å². The number of Topliss-reactive ketones (excluding diaryl/α,β-unsaturated/α-hetero) is 1. The molecule has 0 spiro atoms. The van der Waals surface area contributed by atoms with Gasteiger partial charge < -0.3 is 10.0 Å². The second-order valence-electron chi connectivity index (χ2n) is 12.7. The molecular weight excluding hydrogens is 620 g/mol.